The molecule has 36 heavy (non-hydrogen) atoms. The molecule has 8 rings (SSSR count). The third kappa shape index (κ3) is 2.65. The van der Waals surface area contributed by atoms with Gasteiger partial charge in [-0.15, -0.1) is 0 Å². The number of rotatable bonds is 2. The molecule has 0 fully saturated rings. The van der Waals surface area contributed by atoms with Crippen LogP contribution in [-0.4, -0.2) is 21.4 Å². The molecule has 170 valence electrons. The van der Waals surface area contributed by atoms with E-state index in [1.54, 1.807) is 0 Å². The number of aromatic nitrogens is 2. The Morgan fingerprint density at radius 2 is 1.50 bits per heavy atom. The van der Waals surface area contributed by atoms with Crippen molar-refractivity contribution in [2.45, 2.75) is 6.17 Å². The molecule has 0 saturated carbocycles. The Hall–Kier alpha value is -4.90. The highest BCUT2D eigenvalue weighted by atomic mass is 15.3. The summed E-state index contributed by atoms with van der Waals surface area (Å²) in [7, 11) is 0. The summed E-state index contributed by atoms with van der Waals surface area (Å²) < 4.78 is 2.24. The monoisotopic (exact) mass is 463 g/mol. The van der Waals surface area contributed by atoms with E-state index in [1.165, 1.54) is 10.8 Å². The molecule has 2 aliphatic rings. The van der Waals surface area contributed by atoms with Crippen LogP contribution in [0.4, 0.5) is 22.9 Å². The number of para-hydroxylation sites is 2. The minimum Gasteiger partial charge on any atom is -0.356 e. The lowest BCUT2D eigenvalue weighted by Gasteiger charge is -2.31. The molecule has 0 bridgehead atoms. The molecule has 1 atom stereocenters. The topological polar surface area (TPSA) is 45.5 Å². The molecular formula is C31H21N5. The van der Waals surface area contributed by atoms with Crippen molar-refractivity contribution in [3.8, 4) is 5.69 Å². The molecule has 0 aliphatic carbocycles. The van der Waals surface area contributed by atoms with Crippen LogP contribution >= 0.6 is 0 Å². The number of nitrogens with one attached hydrogen (secondary N) is 1. The van der Waals surface area contributed by atoms with Crippen LogP contribution in [0.2, 0.25) is 0 Å². The SMILES string of the molecule is c1ccc(-n2c3c(c4ccccc42)NC2C(=N3)c3ncccc3N2c2ccc3ccccc3c2)cc1. The van der Waals surface area contributed by atoms with Crippen molar-refractivity contribution in [1.29, 1.82) is 0 Å². The summed E-state index contributed by atoms with van der Waals surface area (Å²) in [6.07, 6.45) is 1.70. The molecule has 1 N–H and O–H groups in total. The first-order valence-corrected chi connectivity index (χ1v) is 12.1. The zero-order chi connectivity index (χ0) is 23.6. The highest BCUT2D eigenvalue weighted by molar-refractivity contribution is 6.20. The number of hydrogen-bond acceptors (Lipinski definition) is 4. The molecule has 0 amide bonds. The van der Waals surface area contributed by atoms with Crippen LogP contribution in [0.5, 0.6) is 0 Å². The molecule has 0 radical (unpaired) electrons. The van der Waals surface area contributed by atoms with Crippen molar-refractivity contribution in [3.05, 3.63) is 121 Å². The van der Waals surface area contributed by atoms with E-state index >= 15 is 0 Å². The molecular weight excluding hydrogens is 442 g/mol. The standard InChI is InChI=1S/C31H21N5/c1-2-11-22(12-3-1)35-25-14-7-6-13-24(25)27-30(35)34-29-28-26(15-8-18-32-28)36(31(29)33-27)23-17-16-20-9-4-5-10-21(20)19-23/h1-19,31,33H. The van der Waals surface area contributed by atoms with E-state index in [2.05, 4.69) is 112 Å². The first-order chi connectivity index (χ1) is 17.9. The van der Waals surface area contributed by atoms with Crippen molar-refractivity contribution in [2.24, 2.45) is 4.99 Å². The van der Waals surface area contributed by atoms with Crippen LogP contribution in [0.3, 0.4) is 0 Å². The number of benzene rings is 4. The highest BCUT2D eigenvalue weighted by Crippen LogP contribution is 2.47. The van der Waals surface area contributed by atoms with Crippen molar-refractivity contribution in [3.63, 3.8) is 0 Å². The number of pyridine rings is 1. The maximum Gasteiger partial charge on any atom is 0.162 e. The van der Waals surface area contributed by atoms with Crippen molar-refractivity contribution < 1.29 is 0 Å². The molecule has 0 saturated heterocycles. The van der Waals surface area contributed by atoms with E-state index in [1.807, 2.05) is 18.3 Å². The minimum atomic E-state index is -0.154. The lowest BCUT2D eigenvalue weighted by molar-refractivity contribution is 0.933. The van der Waals surface area contributed by atoms with Crippen molar-refractivity contribution in [1.82, 2.24) is 9.55 Å². The Kier molecular flexibility index (Phi) is 3.93. The number of anilines is 3. The summed E-state index contributed by atoms with van der Waals surface area (Å²) in [6, 6.07) is 38.1. The van der Waals surface area contributed by atoms with Gasteiger partial charge in [-0.2, -0.15) is 0 Å². The first kappa shape index (κ1) is 19.4. The maximum atomic E-state index is 5.31. The number of hydrogen-bond donors (Lipinski definition) is 1. The van der Waals surface area contributed by atoms with Gasteiger partial charge in [-0.1, -0.05) is 66.7 Å². The second kappa shape index (κ2) is 7.30. The molecule has 2 aliphatic heterocycles. The summed E-state index contributed by atoms with van der Waals surface area (Å²) in [5.41, 5.74) is 7.28. The van der Waals surface area contributed by atoms with E-state index in [9.17, 15) is 0 Å². The maximum absolute atomic E-state index is 5.31. The summed E-state index contributed by atoms with van der Waals surface area (Å²) in [4.78, 5) is 12.4. The van der Waals surface area contributed by atoms with E-state index in [0.717, 1.165) is 50.9 Å². The van der Waals surface area contributed by atoms with E-state index in [4.69, 9.17) is 9.98 Å². The van der Waals surface area contributed by atoms with Crippen LogP contribution in [0.15, 0.2) is 120 Å². The molecule has 6 aromatic rings. The van der Waals surface area contributed by atoms with Gasteiger partial charge in [-0.05, 0) is 53.2 Å². The lowest BCUT2D eigenvalue weighted by atomic mass is 10.1. The van der Waals surface area contributed by atoms with Crippen LogP contribution in [-0.2, 0) is 0 Å². The van der Waals surface area contributed by atoms with Gasteiger partial charge in [0.15, 0.2) is 5.82 Å². The third-order valence-corrected chi connectivity index (χ3v) is 7.19. The van der Waals surface area contributed by atoms with Gasteiger partial charge < -0.3 is 10.2 Å². The molecule has 1 unspecified atom stereocenters. The summed E-state index contributed by atoms with van der Waals surface area (Å²) in [6.45, 7) is 0. The first-order valence-electron chi connectivity index (χ1n) is 12.1. The largest absolute Gasteiger partial charge is 0.356 e. The van der Waals surface area contributed by atoms with E-state index in [0.29, 0.717) is 0 Å². The van der Waals surface area contributed by atoms with Gasteiger partial charge in [-0.25, -0.2) is 4.99 Å². The molecule has 0 spiro atoms. The number of fused-ring (bicyclic) bond motifs is 7. The average Bonchev–Trinajstić information content (AvgIpc) is 3.44. The van der Waals surface area contributed by atoms with Gasteiger partial charge in [0.2, 0.25) is 0 Å². The number of nitrogens with zero attached hydrogens (tertiary/aromatic N) is 4. The van der Waals surface area contributed by atoms with Crippen molar-refractivity contribution >= 4 is 50.3 Å². The fourth-order valence-corrected chi connectivity index (χ4v) is 5.60. The van der Waals surface area contributed by atoms with Gasteiger partial charge in [-0.3, -0.25) is 9.55 Å². The van der Waals surface area contributed by atoms with Crippen molar-refractivity contribution in [2.75, 3.05) is 10.2 Å². The van der Waals surface area contributed by atoms with Gasteiger partial charge in [0.1, 0.15) is 17.6 Å². The van der Waals surface area contributed by atoms with Gasteiger partial charge in [0.05, 0.1) is 16.9 Å². The predicted octanol–water partition coefficient (Wildman–Crippen LogP) is 7.20. The molecule has 4 aromatic carbocycles. The Balaban J connectivity index is 1.37. The van der Waals surface area contributed by atoms with Crippen LogP contribution in [0, 0.1) is 0 Å². The second-order valence-electron chi connectivity index (χ2n) is 9.20. The van der Waals surface area contributed by atoms with E-state index < -0.39 is 0 Å². The van der Waals surface area contributed by atoms with Gasteiger partial charge >= 0.3 is 0 Å². The Labute approximate surface area is 208 Å². The molecule has 2 aromatic heterocycles. The fraction of sp³-hybridized carbons (Fsp3) is 0.0323. The lowest BCUT2D eigenvalue weighted by Crippen LogP contribution is -2.40. The highest BCUT2D eigenvalue weighted by Gasteiger charge is 2.41. The van der Waals surface area contributed by atoms with Crippen LogP contribution < -0.4 is 10.2 Å². The van der Waals surface area contributed by atoms with E-state index in [-0.39, 0.29) is 6.17 Å². The molecule has 5 heteroatoms. The summed E-state index contributed by atoms with van der Waals surface area (Å²) >= 11 is 0. The second-order valence-corrected chi connectivity index (χ2v) is 9.20. The van der Waals surface area contributed by atoms with Gasteiger partial charge in [0, 0.05) is 23.0 Å². The smallest absolute Gasteiger partial charge is 0.162 e. The number of aliphatic imine (C=N–C) groups is 1. The molecule has 5 nitrogen and oxygen atoms in total. The van der Waals surface area contributed by atoms with Crippen LogP contribution in [0.25, 0.3) is 27.4 Å². The van der Waals surface area contributed by atoms with Crippen LogP contribution in [0.1, 0.15) is 5.69 Å². The fourth-order valence-electron chi connectivity index (χ4n) is 5.60. The Bertz CT molecular complexity index is 1830. The summed E-state index contributed by atoms with van der Waals surface area (Å²) in [5.74, 6) is 0.908. The predicted molar refractivity (Wildman–Crippen MR) is 147 cm³/mol. The minimum absolute atomic E-state index is 0.154. The normalized spacial score (nSPS) is 15.8. The Morgan fingerprint density at radius 1 is 0.694 bits per heavy atom. The zero-order valence-electron chi connectivity index (χ0n) is 19.3. The molecule has 4 heterocycles. The van der Waals surface area contributed by atoms with Gasteiger partial charge in [0.25, 0.3) is 0 Å². The zero-order valence-corrected chi connectivity index (χ0v) is 19.3. The third-order valence-electron chi connectivity index (χ3n) is 7.19. The summed E-state index contributed by atoms with van der Waals surface area (Å²) in [5, 5.41) is 7.46. The average molecular weight is 464 g/mol. The Morgan fingerprint density at radius 3 is 2.42 bits per heavy atom. The quantitative estimate of drug-likeness (QED) is 0.295.